The van der Waals surface area contributed by atoms with E-state index in [0.29, 0.717) is 17.6 Å². The van der Waals surface area contributed by atoms with Gasteiger partial charge in [0, 0.05) is 51.5 Å². The van der Waals surface area contributed by atoms with Gasteiger partial charge in [0.15, 0.2) is 5.82 Å². The van der Waals surface area contributed by atoms with Crippen molar-refractivity contribution in [3.8, 4) is 5.88 Å². The Kier molecular flexibility index (Phi) is 7.65. The third-order valence-corrected chi connectivity index (χ3v) is 9.27. The Morgan fingerprint density at radius 3 is 2.17 bits per heavy atom. The molecule has 2 saturated heterocycles. The summed E-state index contributed by atoms with van der Waals surface area (Å²) in [6, 6.07) is 19.6. The molecule has 7 rings (SSSR count). The highest BCUT2D eigenvalue weighted by molar-refractivity contribution is 5.94. The van der Waals surface area contributed by atoms with Gasteiger partial charge in [0.25, 0.3) is 5.91 Å². The average Bonchev–Trinajstić information content (AvgIpc) is 3.80. The smallest absolute Gasteiger partial charge is 0.289 e. The number of aromatic amines is 1. The molecule has 2 aromatic carbocycles. The van der Waals surface area contributed by atoms with Crippen LogP contribution < -0.4 is 4.74 Å². The van der Waals surface area contributed by atoms with Crippen molar-refractivity contribution in [3.05, 3.63) is 88.9 Å². The maximum atomic E-state index is 13.3. The molecule has 4 heterocycles. The fourth-order valence-electron chi connectivity index (χ4n) is 6.52. The summed E-state index contributed by atoms with van der Waals surface area (Å²) in [4.78, 5) is 32.6. The number of carbonyl (C=O) groups excluding carboxylic acids is 1. The molecule has 3 fully saturated rings. The minimum Gasteiger partial charge on any atom is -0.481 e. The topological polar surface area (TPSA) is 77.6 Å². The normalized spacial score (nSPS) is 18.9. The van der Waals surface area contributed by atoms with Gasteiger partial charge in [0.1, 0.15) is 0 Å². The first-order valence-electron chi connectivity index (χ1n) is 15.4. The number of amides is 1. The molecular formula is C34H40N6O2. The van der Waals surface area contributed by atoms with E-state index in [9.17, 15) is 4.79 Å². The lowest BCUT2D eigenvalue weighted by Gasteiger charge is -2.34. The van der Waals surface area contributed by atoms with Crippen molar-refractivity contribution in [2.45, 2.75) is 50.6 Å². The largest absolute Gasteiger partial charge is 0.481 e. The van der Waals surface area contributed by atoms with Crippen molar-refractivity contribution in [3.63, 3.8) is 0 Å². The first-order chi connectivity index (χ1) is 20.6. The molecule has 0 radical (unpaired) electrons. The van der Waals surface area contributed by atoms with Crippen LogP contribution in [0.25, 0.3) is 11.0 Å². The Bertz CT molecular complexity index is 1510. The number of hydrogen-bond donors (Lipinski definition) is 1. The number of hydrogen-bond acceptors (Lipinski definition) is 6. The Hall–Kier alpha value is -3.75. The number of methoxy groups -OCH3 is 1. The first kappa shape index (κ1) is 27.1. The zero-order chi connectivity index (χ0) is 28.5. The molecule has 0 unspecified atom stereocenters. The molecule has 3 aliphatic rings. The number of rotatable bonds is 8. The highest BCUT2D eigenvalue weighted by atomic mass is 16.5. The van der Waals surface area contributed by atoms with Crippen LogP contribution in [0.5, 0.6) is 5.88 Å². The van der Waals surface area contributed by atoms with Crippen LogP contribution in [0.3, 0.4) is 0 Å². The van der Waals surface area contributed by atoms with E-state index < -0.39 is 0 Å². The number of likely N-dealkylation sites (tertiary alicyclic amines) is 1. The van der Waals surface area contributed by atoms with Crippen molar-refractivity contribution in [1.29, 1.82) is 0 Å². The van der Waals surface area contributed by atoms with E-state index in [1.54, 1.807) is 7.11 Å². The monoisotopic (exact) mass is 564 g/mol. The van der Waals surface area contributed by atoms with Gasteiger partial charge in [-0.05, 0) is 85.0 Å². The molecular weight excluding hydrogens is 524 g/mol. The number of aromatic nitrogens is 3. The molecule has 8 heteroatoms. The highest BCUT2D eigenvalue weighted by Gasteiger charge is 2.26. The maximum absolute atomic E-state index is 13.3. The molecule has 2 aliphatic heterocycles. The summed E-state index contributed by atoms with van der Waals surface area (Å²) in [5.41, 5.74) is 7.19. The van der Waals surface area contributed by atoms with E-state index >= 15 is 0 Å². The summed E-state index contributed by atoms with van der Waals surface area (Å²) in [5, 5.41) is 0. The molecule has 1 N–H and O–H groups in total. The van der Waals surface area contributed by atoms with Crippen LogP contribution in [0.2, 0.25) is 0 Å². The number of nitrogens with one attached hydrogen (secondary N) is 1. The third-order valence-electron chi connectivity index (χ3n) is 9.27. The molecule has 218 valence electrons. The second-order valence-corrected chi connectivity index (χ2v) is 12.2. The average molecular weight is 565 g/mol. The van der Waals surface area contributed by atoms with E-state index in [1.165, 1.54) is 35.1 Å². The summed E-state index contributed by atoms with van der Waals surface area (Å²) in [7, 11) is 1.64. The van der Waals surface area contributed by atoms with Gasteiger partial charge in [-0.2, -0.15) is 0 Å². The minimum absolute atomic E-state index is 0.00233. The maximum Gasteiger partial charge on any atom is 0.289 e. The lowest BCUT2D eigenvalue weighted by molar-refractivity contribution is 0.0618. The molecule has 0 bridgehead atoms. The number of fused-ring (bicyclic) bond motifs is 1. The standard InChI is InChI=1S/C34H40N6O2/c1-42-32-11-4-25(21-35-32)23-38-14-12-28(13-15-38)29-9-10-30-31(20-29)37-33(36-30)34(41)40-18-16-39(17-19-40)22-24-2-5-26(6-3-24)27-7-8-27/h2-6,9-11,20-21,27-28H,7-8,12-19,22-23H2,1H3,(H,36,37). The second-order valence-electron chi connectivity index (χ2n) is 12.2. The van der Waals surface area contributed by atoms with Crippen LogP contribution in [0.1, 0.15) is 70.4 Å². The molecule has 42 heavy (non-hydrogen) atoms. The quantitative estimate of drug-likeness (QED) is 0.318. The van der Waals surface area contributed by atoms with Crippen LogP contribution in [0.15, 0.2) is 60.8 Å². The number of piperidine rings is 1. The summed E-state index contributed by atoms with van der Waals surface area (Å²) in [6.07, 6.45) is 6.82. The summed E-state index contributed by atoms with van der Waals surface area (Å²) < 4.78 is 5.17. The Balaban J connectivity index is 0.918. The predicted octanol–water partition coefficient (Wildman–Crippen LogP) is 5.18. The fraction of sp³-hybridized carbons (Fsp3) is 0.441. The van der Waals surface area contributed by atoms with Gasteiger partial charge in [0.05, 0.1) is 18.1 Å². The second kappa shape index (κ2) is 11.9. The van der Waals surface area contributed by atoms with E-state index in [2.05, 4.69) is 73.3 Å². The summed E-state index contributed by atoms with van der Waals surface area (Å²) in [5.74, 6) is 2.42. The number of carbonyl (C=O) groups is 1. The van der Waals surface area contributed by atoms with Crippen LogP contribution in [-0.2, 0) is 13.1 Å². The zero-order valence-corrected chi connectivity index (χ0v) is 24.5. The van der Waals surface area contributed by atoms with Crippen LogP contribution in [-0.4, -0.2) is 81.9 Å². The molecule has 1 saturated carbocycles. The highest BCUT2D eigenvalue weighted by Crippen LogP contribution is 2.40. The van der Waals surface area contributed by atoms with E-state index in [0.717, 1.165) is 82.2 Å². The molecule has 4 aromatic rings. The summed E-state index contributed by atoms with van der Waals surface area (Å²) in [6.45, 7) is 7.19. The van der Waals surface area contributed by atoms with E-state index in [1.807, 2.05) is 17.2 Å². The van der Waals surface area contributed by atoms with E-state index in [-0.39, 0.29) is 5.91 Å². The van der Waals surface area contributed by atoms with Crippen LogP contribution >= 0.6 is 0 Å². The number of benzene rings is 2. The molecule has 1 amide bonds. The predicted molar refractivity (Wildman–Crippen MR) is 164 cm³/mol. The zero-order valence-electron chi connectivity index (χ0n) is 24.5. The molecule has 0 atom stereocenters. The number of nitrogens with zero attached hydrogens (tertiary/aromatic N) is 5. The Labute approximate surface area is 247 Å². The molecule has 8 nitrogen and oxygen atoms in total. The molecule has 0 spiro atoms. The fourth-order valence-corrected chi connectivity index (χ4v) is 6.52. The summed E-state index contributed by atoms with van der Waals surface area (Å²) >= 11 is 0. The Morgan fingerprint density at radius 2 is 1.48 bits per heavy atom. The first-order valence-corrected chi connectivity index (χ1v) is 15.4. The lowest BCUT2D eigenvalue weighted by atomic mass is 9.89. The van der Waals surface area contributed by atoms with E-state index in [4.69, 9.17) is 4.74 Å². The number of imidazole rings is 1. The minimum atomic E-state index is 0.00233. The number of ether oxygens (including phenoxy) is 1. The van der Waals surface area contributed by atoms with Crippen molar-refractivity contribution in [2.75, 3.05) is 46.4 Å². The van der Waals surface area contributed by atoms with Gasteiger partial charge in [-0.25, -0.2) is 9.97 Å². The van der Waals surface area contributed by atoms with Crippen molar-refractivity contribution < 1.29 is 9.53 Å². The number of H-pyrrole nitrogens is 1. The number of piperazine rings is 1. The van der Waals surface area contributed by atoms with Crippen LogP contribution in [0.4, 0.5) is 0 Å². The lowest BCUT2D eigenvalue weighted by Crippen LogP contribution is -2.48. The van der Waals surface area contributed by atoms with Crippen LogP contribution in [0, 0.1) is 0 Å². The SMILES string of the molecule is COc1ccc(CN2CCC(c3ccc4nc(C(=O)N5CCN(Cc6ccc(C7CC7)cc6)CC5)[nH]c4c3)CC2)cn1. The van der Waals surface area contributed by atoms with Crippen molar-refractivity contribution in [1.82, 2.24) is 29.7 Å². The molecule has 1 aliphatic carbocycles. The van der Waals surface area contributed by atoms with Crippen molar-refractivity contribution in [2.24, 2.45) is 0 Å². The number of pyridine rings is 1. The van der Waals surface area contributed by atoms with Crippen molar-refractivity contribution >= 4 is 16.9 Å². The third kappa shape index (κ3) is 6.05. The van der Waals surface area contributed by atoms with Gasteiger partial charge >= 0.3 is 0 Å². The van der Waals surface area contributed by atoms with Gasteiger partial charge in [0.2, 0.25) is 5.88 Å². The Morgan fingerprint density at radius 1 is 0.810 bits per heavy atom. The van der Waals surface area contributed by atoms with Gasteiger partial charge < -0.3 is 14.6 Å². The van der Waals surface area contributed by atoms with Gasteiger partial charge in [-0.1, -0.05) is 36.4 Å². The molecule has 2 aromatic heterocycles. The van der Waals surface area contributed by atoms with Gasteiger partial charge in [-0.3, -0.25) is 14.6 Å². The van der Waals surface area contributed by atoms with Gasteiger partial charge in [-0.15, -0.1) is 0 Å².